The van der Waals surface area contributed by atoms with E-state index in [9.17, 15) is 9.90 Å². The van der Waals surface area contributed by atoms with Crippen molar-refractivity contribution in [2.24, 2.45) is 0 Å². The highest BCUT2D eigenvalue weighted by Crippen LogP contribution is 2.25. The van der Waals surface area contributed by atoms with Gasteiger partial charge < -0.3 is 5.11 Å². The average Bonchev–Trinajstić information content (AvgIpc) is 2.46. The lowest BCUT2D eigenvalue weighted by Gasteiger charge is -2.11. The SMILES string of the molecule is C/C(C(=O)O)=C(\Cc1ccccc1)c1ccc(Cl)cc1. The van der Waals surface area contributed by atoms with Crippen LogP contribution in [0.2, 0.25) is 5.02 Å². The number of carboxylic acid groups (broad SMARTS) is 1. The lowest BCUT2D eigenvalue weighted by molar-refractivity contribution is -0.132. The van der Waals surface area contributed by atoms with Crippen molar-refractivity contribution in [3.63, 3.8) is 0 Å². The zero-order chi connectivity index (χ0) is 14.5. The molecule has 0 aliphatic rings. The maximum atomic E-state index is 11.3. The number of hydrogen-bond donors (Lipinski definition) is 1. The molecule has 0 fully saturated rings. The van der Waals surface area contributed by atoms with E-state index in [4.69, 9.17) is 11.6 Å². The highest BCUT2D eigenvalue weighted by Gasteiger charge is 2.12. The molecule has 0 amide bonds. The first-order chi connectivity index (χ1) is 9.58. The molecule has 3 heteroatoms. The van der Waals surface area contributed by atoms with Gasteiger partial charge in [-0.15, -0.1) is 0 Å². The molecule has 0 bridgehead atoms. The van der Waals surface area contributed by atoms with Crippen LogP contribution >= 0.6 is 11.6 Å². The van der Waals surface area contributed by atoms with E-state index in [0.717, 1.165) is 16.7 Å². The van der Waals surface area contributed by atoms with Crippen molar-refractivity contribution in [1.82, 2.24) is 0 Å². The first-order valence-electron chi connectivity index (χ1n) is 6.31. The maximum absolute atomic E-state index is 11.3. The summed E-state index contributed by atoms with van der Waals surface area (Å²) < 4.78 is 0. The molecule has 102 valence electrons. The minimum Gasteiger partial charge on any atom is -0.478 e. The molecule has 2 aromatic carbocycles. The summed E-state index contributed by atoms with van der Waals surface area (Å²) in [7, 11) is 0. The fourth-order valence-electron chi connectivity index (χ4n) is 2.03. The molecule has 0 saturated carbocycles. The summed E-state index contributed by atoms with van der Waals surface area (Å²) in [4.78, 5) is 11.3. The van der Waals surface area contributed by atoms with Gasteiger partial charge in [0.05, 0.1) is 0 Å². The molecule has 0 aliphatic carbocycles. The molecule has 0 heterocycles. The van der Waals surface area contributed by atoms with E-state index in [2.05, 4.69) is 0 Å². The molecule has 0 unspecified atom stereocenters. The second kappa shape index (κ2) is 6.40. The van der Waals surface area contributed by atoms with Crippen LogP contribution in [0.3, 0.4) is 0 Å². The zero-order valence-electron chi connectivity index (χ0n) is 11.1. The van der Waals surface area contributed by atoms with Crippen LogP contribution in [-0.4, -0.2) is 11.1 Å². The van der Waals surface area contributed by atoms with Gasteiger partial charge in [0.15, 0.2) is 0 Å². The molecule has 0 aromatic heterocycles. The molecule has 0 spiro atoms. The van der Waals surface area contributed by atoms with Gasteiger partial charge in [0.2, 0.25) is 0 Å². The summed E-state index contributed by atoms with van der Waals surface area (Å²) in [6.45, 7) is 1.63. The number of halogens is 1. The summed E-state index contributed by atoms with van der Waals surface area (Å²) in [5, 5.41) is 9.90. The minimum atomic E-state index is -0.897. The molecule has 0 saturated heterocycles. The number of benzene rings is 2. The van der Waals surface area contributed by atoms with Crippen LogP contribution in [0.25, 0.3) is 5.57 Å². The van der Waals surface area contributed by atoms with Crippen LogP contribution in [-0.2, 0) is 11.2 Å². The summed E-state index contributed by atoms with van der Waals surface area (Å²) in [6, 6.07) is 17.1. The van der Waals surface area contributed by atoms with E-state index >= 15 is 0 Å². The molecular formula is C17H15ClO2. The topological polar surface area (TPSA) is 37.3 Å². The van der Waals surface area contributed by atoms with Gasteiger partial charge >= 0.3 is 5.97 Å². The van der Waals surface area contributed by atoms with E-state index in [1.54, 1.807) is 19.1 Å². The number of carbonyl (C=O) groups is 1. The van der Waals surface area contributed by atoms with Crippen LogP contribution in [0.5, 0.6) is 0 Å². The van der Waals surface area contributed by atoms with Gasteiger partial charge in [-0.25, -0.2) is 4.79 Å². The fraction of sp³-hybridized carbons (Fsp3) is 0.118. The molecule has 0 aliphatic heterocycles. The number of rotatable bonds is 4. The highest BCUT2D eigenvalue weighted by molar-refractivity contribution is 6.30. The third-order valence-corrected chi connectivity index (χ3v) is 3.44. The van der Waals surface area contributed by atoms with Crippen LogP contribution in [0, 0.1) is 0 Å². The number of aliphatic carboxylic acids is 1. The Morgan fingerprint density at radius 1 is 1.05 bits per heavy atom. The Morgan fingerprint density at radius 3 is 2.20 bits per heavy atom. The minimum absolute atomic E-state index is 0.358. The highest BCUT2D eigenvalue weighted by atomic mass is 35.5. The normalized spacial score (nSPS) is 11.9. The van der Waals surface area contributed by atoms with Crippen LogP contribution in [0.15, 0.2) is 60.2 Å². The van der Waals surface area contributed by atoms with Gasteiger partial charge in [0, 0.05) is 10.6 Å². The molecule has 20 heavy (non-hydrogen) atoms. The third-order valence-electron chi connectivity index (χ3n) is 3.19. The van der Waals surface area contributed by atoms with Crippen molar-refractivity contribution < 1.29 is 9.90 Å². The molecule has 0 radical (unpaired) electrons. The Labute approximate surface area is 123 Å². The van der Waals surface area contributed by atoms with Crippen molar-refractivity contribution in [2.45, 2.75) is 13.3 Å². The first kappa shape index (κ1) is 14.4. The number of hydrogen-bond acceptors (Lipinski definition) is 1. The van der Waals surface area contributed by atoms with Gasteiger partial charge in [-0.05, 0) is 42.2 Å². The first-order valence-corrected chi connectivity index (χ1v) is 6.68. The van der Waals surface area contributed by atoms with Crippen LogP contribution < -0.4 is 0 Å². The average molecular weight is 287 g/mol. The molecule has 1 N–H and O–H groups in total. The molecule has 0 atom stereocenters. The summed E-state index contributed by atoms with van der Waals surface area (Å²) >= 11 is 5.89. The van der Waals surface area contributed by atoms with Crippen LogP contribution in [0.4, 0.5) is 0 Å². The predicted octanol–water partition coefficient (Wildman–Crippen LogP) is 4.44. The van der Waals surface area contributed by atoms with Crippen molar-refractivity contribution in [1.29, 1.82) is 0 Å². The summed E-state index contributed by atoms with van der Waals surface area (Å²) in [5.74, 6) is -0.897. The van der Waals surface area contributed by atoms with Gasteiger partial charge in [0.25, 0.3) is 0 Å². The van der Waals surface area contributed by atoms with Crippen LogP contribution in [0.1, 0.15) is 18.1 Å². The summed E-state index contributed by atoms with van der Waals surface area (Å²) in [6.07, 6.45) is 0.584. The van der Waals surface area contributed by atoms with E-state index in [1.807, 2.05) is 42.5 Å². The lowest BCUT2D eigenvalue weighted by atomic mass is 9.94. The van der Waals surface area contributed by atoms with Gasteiger partial charge in [0.1, 0.15) is 0 Å². The molecule has 2 aromatic rings. The predicted molar refractivity (Wildman–Crippen MR) is 81.8 cm³/mol. The second-order valence-corrected chi connectivity index (χ2v) is 5.01. The molecule has 2 rings (SSSR count). The number of carboxylic acids is 1. The van der Waals surface area contributed by atoms with Gasteiger partial charge in [-0.2, -0.15) is 0 Å². The second-order valence-electron chi connectivity index (χ2n) is 4.58. The smallest absolute Gasteiger partial charge is 0.331 e. The van der Waals surface area contributed by atoms with E-state index in [-0.39, 0.29) is 0 Å². The Bertz CT molecular complexity index is 628. The van der Waals surface area contributed by atoms with Crippen molar-refractivity contribution in [3.05, 3.63) is 76.3 Å². The standard InChI is InChI=1S/C17H15ClO2/c1-12(17(19)20)16(11-13-5-3-2-4-6-13)14-7-9-15(18)10-8-14/h2-10H,11H2,1H3,(H,19,20)/b16-12-. The van der Waals surface area contributed by atoms with E-state index in [1.165, 1.54) is 0 Å². The fourth-order valence-corrected chi connectivity index (χ4v) is 2.16. The Balaban J connectivity index is 2.43. The van der Waals surface area contributed by atoms with Gasteiger partial charge in [-0.3, -0.25) is 0 Å². The Hall–Kier alpha value is -2.06. The summed E-state index contributed by atoms with van der Waals surface area (Å²) in [5.41, 5.74) is 3.13. The lowest BCUT2D eigenvalue weighted by Crippen LogP contribution is -2.03. The Kier molecular flexibility index (Phi) is 4.59. The van der Waals surface area contributed by atoms with Crippen molar-refractivity contribution >= 4 is 23.1 Å². The third kappa shape index (κ3) is 3.49. The van der Waals surface area contributed by atoms with E-state index < -0.39 is 5.97 Å². The van der Waals surface area contributed by atoms with Crippen molar-refractivity contribution in [3.8, 4) is 0 Å². The van der Waals surface area contributed by atoms with Crippen molar-refractivity contribution in [2.75, 3.05) is 0 Å². The molecular weight excluding hydrogens is 272 g/mol. The van der Waals surface area contributed by atoms with Gasteiger partial charge in [-0.1, -0.05) is 54.1 Å². The zero-order valence-corrected chi connectivity index (χ0v) is 11.9. The Morgan fingerprint density at radius 2 is 1.65 bits per heavy atom. The maximum Gasteiger partial charge on any atom is 0.331 e. The molecule has 2 nitrogen and oxygen atoms in total. The largest absolute Gasteiger partial charge is 0.478 e. The monoisotopic (exact) mass is 286 g/mol. The van der Waals surface area contributed by atoms with E-state index in [0.29, 0.717) is 17.0 Å². The quantitative estimate of drug-likeness (QED) is 0.844. The number of allylic oxidation sites excluding steroid dienone is 1.